The van der Waals surface area contributed by atoms with E-state index in [1.165, 1.54) is 13.3 Å². The minimum atomic E-state index is -0.553. The van der Waals surface area contributed by atoms with Crippen molar-refractivity contribution in [2.45, 2.75) is 0 Å². The van der Waals surface area contributed by atoms with Crippen LogP contribution in [0, 0.1) is 10.1 Å². The Bertz CT molecular complexity index is 618. The number of rotatable bonds is 2. The van der Waals surface area contributed by atoms with Gasteiger partial charge in [-0.15, -0.1) is 0 Å². The summed E-state index contributed by atoms with van der Waals surface area (Å²) >= 11 is 9.17. The van der Waals surface area contributed by atoms with Gasteiger partial charge >= 0.3 is 5.69 Å². The van der Waals surface area contributed by atoms with Gasteiger partial charge in [-0.05, 0) is 28.1 Å². The largest absolute Gasteiger partial charge is 0.489 e. The molecule has 7 heteroatoms. The van der Waals surface area contributed by atoms with Crippen molar-refractivity contribution in [2.75, 3.05) is 7.11 Å². The van der Waals surface area contributed by atoms with E-state index < -0.39 is 4.92 Å². The van der Waals surface area contributed by atoms with E-state index in [0.717, 1.165) is 0 Å². The van der Waals surface area contributed by atoms with Crippen LogP contribution in [0.3, 0.4) is 0 Å². The maximum atomic E-state index is 11.0. The number of hydrogen-bond acceptors (Lipinski definition) is 4. The molecule has 1 aromatic carbocycles. The molecule has 5 nitrogen and oxygen atoms in total. The highest BCUT2D eigenvalue weighted by Gasteiger charge is 2.27. The first-order chi connectivity index (χ1) is 8.07. The van der Waals surface area contributed by atoms with Crippen LogP contribution < -0.4 is 4.74 Å². The van der Waals surface area contributed by atoms with Crippen LogP contribution in [0.4, 0.5) is 5.69 Å². The number of benzene rings is 1. The number of aromatic nitrogens is 1. The molecular formula is C10H6BrClN2O3. The van der Waals surface area contributed by atoms with Crippen LogP contribution in [0.25, 0.3) is 10.9 Å². The molecule has 0 aliphatic heterocycles. The molecule has 0 atom stereocenters. The molecule has 2 aromatic rings. The average Bonchev–Trinajstić information content (AvgIpc) is 2.33. The van der Waals surface area contributed by atoms with Crippen LogP contribution in [0.2, 0.25) is 5.02 Å². The number of fused-ring (bicyclic) bond motifs is 1. The summed E-state index contributed by atoms with van der Waals surface area (Å²) in [6.45, 7) is 0. The number of nitrogens with zero attached hydrogens (tertiary/aromatic N) is 2. The lowest BCUT2D eigenvalue weighted by molar-refractivity contribution is -0.386. The van der Waals surface area contributed by atoms with Crippen molar-refractivity contribution in [3.05, 3.63) is 37.9 Å². The van der Waals surface area contributed by atoms with Gasteiger partial charge in [0.2, 0.25) is 5.75 Å². The Balaban J connectivity index is 3.00. The molecule has 0 aliphatic rings. The summed E-state index contributed by atoms with van der Waals surface area (Å²) in [5.41, 5.74) is 0.151. The molecule has 1 aromatic heterocycles. The summed E-state index contributed by atoms with van der Waals surface area (Å²) in [4.78, 5) is 14.5. The number of pyridine rings is 1. The highest BCUT2D eigenvalue weighted by molar-refractivity contribution is 9.10. The first kappa shape index (κ1) is 12.1. The van der Waals surface area contributed by atoms with Gasteiger partial charge in [-0.2, -0.15) is 0 Å². The van der Waals surface area contributed by atoms with Crippen molar-refractivity contribution in [3.63, 3.8) is 0 Å². The monoisotopic (exact) mass is 316 g/mol. The summed E-state index contributed by atoms with van der Waals surface area (Å²) in [5, 5.41) is 11.9. The first-order valence-corrected chi connectivity index (χ1v) is 5.69. The van der Waals surface area contributed by atoms with Gasteiger partial charge in [0.25, 0.3) is 0 Å². The number of nitro benzene ring substituents is 1. The SMILES string of the molecule is COc1c([N+](=O)[O-])c(Br)c(Cl)c2cccnc12. The quantitative estimate of drug-likeness (QED) is 0.627. The molecule has 0 saturated carbocycles. The van der Waals surface area contributed by atoms with Crippen molar-refractivity contribution in [1.82, 2.24) is 4.98 Å². The minimum Gasteiger partial charge on any atom is -0.489 e. The summed E-state index contributed by atoms with van der Waals surface area (Å²) in [5.74, 6) is 0.0990. The standard InChI is InChI=1S/C10H6BrClN2O3/c1-17-10-8-5(3-2-4-13-8)7(12)6(11)9(10)14(15)16/h2-4H,1H3. The number of ether oxygens (including phenoxy) is 1. The van der Waals surface area contributed by atoms with E-state index in [1.807, 2.05) is 0 Å². The van der Waals surface area contributed by atoms with Crippen LogP contribution in [-0.2, 0) is 0 Å². The van der Waals surface area contributed by atoms with Crippen LogP contribution in [0.5, 0.6) is 5.75 Å². The molecule has 1 heterocycles. The third kappa shape index (κ3) is 1.83. The van der Waals surface area contributed by atoms with Crippen LogP contribution in [-0.4, -0.2) is 17.0 Å². The van der Waals surface area contributed by atoms with Crippen molar-refractivity contribution in [2.24, 2.45) is 0 Å². The summed E-state index contributed by atoms with van der Waals surface area (Å²) in [6.07, 6.45) is 1.53. The van der Waals surface area contributed by atoms with E-state index in [1.54, 1.807) is 12.1 Å². The Morgan fingerprint density at radius 3 is 2.88 bits per heavy atom. The van der Waals surface area contributed by atoms with E-state index in [-0.39, 0.29) is 20.9 Å². The van der Waals surface area contributed by atoms with Gasteiger partial charge in [0.05, 0.1) is 17.1 Å². The maximum Gasteiger partial charge on any atom is 0.328 e. The smallest absolute Gasteiger partial charge is 0.328 e. The Morgan fingerprint density at radius 2 is 2.29 bits per heavy atom. The predicted molar refractivity (Wildman–Crippen MR) is 67.7 cm³/mol. The molecule has 0 amide bonds. The Hall–Kier alpha value is -1.40. The lowest BCUT2D eigenvalue weighted by Gasteiger charge is -2.09. The topological polar surface area (TPSA) is 65.3 Å². The van der Waals surface area contributed by atoms with E-state index in [2.05, 4.69) is 20.9 Å². The second kappa shape index (κ2) is 4.46. The molecule has 0 spiro atoms. The van der Waals surface area contributed by atoms with Gasteiger partial charge in [-0.3, -0.25) is 15.1 Å². The van der Waals surface area contributed by atoms with Gasteiger partial charge in [0, 0.05) is 11.6 Å². The van der Waals surface area contributed by atoms with Crippen molar-refractivity contribution in [1.29, 1.82) is 0 Å². The number of nitro groups is 1. The maximum absolute atomic E-state index is 11.0. The van der Waals surface area contributed by atoms with Gasteiger partial charge in [-0.25, -0.2) is 0 Å². The summed E-state index contributed by atoms with van der Waals surface area (Å²) in [7, 11) is 1.36. The zero-order valence-electron chi connectivity index (χ0n) is 8.61. The number of halogens is 2. The first-order valence-electron chi connectivity index (χ1n) is 4.52. The van der Waals surface area contributed by atoms with E-state index in [9.17, 15) is 10.1 Å². The van der Waals surface area contributed by atoms with Crippen molar-refractivity contribution in [3.8, 4) is 5.75 Å². The Kier molecular flexibility index (Phi) is 3.17. The summed E-state index contributed by atoms with van der Waals surface area (Å²) in [6, 6.07) is 3.42. The third-order valence-corrected chi connectivity index (χ3v) is 3.65. The molecule has 0 bridgehead atoms. The highest BCUT2D eigenvalue weighted by Crippen LogP contribution is 2.45. The minimum absolute atomic E-state index is 0.0990. The molecule has 88 valence electrons. The fourth-order valence-electron chi connectivity index (χ4n) is 1.55. The van der Waals surface area contributed by atoms with E-state index in [4.69, 9.17) is 16.3 Å². The molecular weight excluding hydrogens is 311 g/mol. The number of methoxy groups -OCH3 is 1. The molecule has 2 rings (SSSR count). The van der Waals surface area contributed by atoms with E-state index >= 15 is 0 Å². The molecule has 0 radical (unpaired) electrons. The predicted octanol–water partition coefficient (Wildman–Crippen LogP) is 3.57. The zero-order valence-corrected chi connectivity index (χ0v) is 10.9. The van der Waals surface area contributed by atoms with Gasteiger partial charge in [0.1, 0.15) is 9.99 Å². The third-order valence-electron chi connectivity index (χ3n) is 2.26. The molecule has 0 aliphatic carbocycles. The van der Waals surface area contributed by atoms with Crippen LogP contribution in [0.15, 0.2) is 22.8 Å². The van der Waals surface area contributed by atoms with Crippen molar-refractivity contribution < 1.29 is 9.66 Å². The van der Waals surface area contributed by atoms with Gasteiger partial charge in [0.15, 0.2) is 0 Å². The van der Waals surface area contributed by atoms with E-state index in [0.29, 0.717) is 10.9 Å². The lowest BCUT2D eigenvalue weighted by Crippen LogP contribution is -1.98. The van der Waals surface area contributed by atoms with Gasteiger partial charge < -0.3 is 4.74 Å². The van der Waals surface area contributed by atoms with Crippen LogP contribution >= 0.6 is 27.5 Å². The molecule has 0 fully saturated rings. The average molecular weight is 318 g/mol. The highest BCUT2D eigenvalue weighted by atomic mass is 79.9. The summed E-state index contributed by atoms with van der Waals surface area (Å²) < 4.78 is 5.26. The molecule has 0 unspecified atom stereocenters. The molecule has 0 saturated heterocycles. The zero-order chi connectivity index (χ0) is 12.6. The Labute approximate surface area is 110 Å². The van der Waals surface area contributed by atoms with Crippen LogP contribution in [0.1, 0.15) is 0 Å². The molecule has 17 heavy (non-hydrogen) atoms. The second-order valence-electron chi connectivity index (χ2n) is 3.17. The number of hydrogen-bond donors (Lipinski definition) is 0. The fraction of sp³-hybridized carbons (Fsp3) is 0.100. The Morgan fingerprint density at radius 1 is 1.59 bits per heavy atom. The molecule has 0 N–H and O–H groups in total. The van der Waals surface area contributed by atoms with Crippen molar-refractivity contribution >= 4 is 44.1 Å². The van der Waals surface area contributed by atoms with Gasteiger partial charge in [-0.1, -0.05) is 11.6 Å². The second-order valence-corrected chi connectivity index (χ2v) is 4.34. The fourth-order valence-corrected chi connectivity index (χ4v) is 2.33. The lowest BCUT2D eigenvalue weighted by atomic mass is 10.2. The normalized spacial score (nSPS) is 10.5.